The predicted octanol–water partition coefficient (Wildman–Crippen LogP) is 2.78. The number of aromatic nitrogens is 1. The van der Waals surface area contributed by atoms with Crippen LogP contribution in [0.3, 0.4) is 0 Å². The number of ether oxygens (including phenoxy) is 2. The van der Waals surface area contributed by atoms with Crippen LogP contribution in [0.4, 0.5) is 0 Å². The second-order valence-corrected chi connectivity index (χ2v) is 4.31. The van der Waals surface area contributed by atoms with Crippen LogP contribution in [0.1, 0.15) is 18.2 Å². The topological polar surface area (TPSA) is 43.4 Å². The minimum Gasteiger partial charge on any atom is -0.493 e. The molecule has 2 rings (SSSR count). The summed E-state index contributed by atoms with van der Waals surface area (Å²) < 4.78 is 11.0. The van der Waals surface area contributed by atoms with E-state index >= 15 is 0 Å². The van der Waals surface area contributed by atoms with Crippen LogP contribution in [0.15, 0.2) is 42.6 Å². The van der Waals surface area contributed by atoms with Crippen LogP contribution in [-0.4, -0.2) is 18.7 Å². The van der Waals surface area contributed by atoms with Gasteiger partial charge in [0, 0.05) is 24.8 Å². The van der Waals surface area contributed by atoms with Gasteiger partial charge in [-0.3, -0.25) is 4.98 Å². The third-order valence-corrected chi connectivity index (χ3v) is 2.92. The third-order valence-electron chi connectivity index (χ3n) is 2.92. The fourth-order valence-corrected chi connectivity index (χ4v) is 2.00. The number of hydrogen-bond donors (Lipinski definition) is 1. The zero-order chi connectivity index (χ0) is 14.2. The predicted molar refractivity (Wildman–Crippen MR) is 78.9 cm³/mol. The molecule has 0 amide bonds. The average Bonchev–Trinajstić information content (AvgIpc) is 2.50. The Morgan fingerprint density at radius 3 is 2.70 bits per heavy atom. The standard InChI is InChI=1S/C16H20N2O2/c1-3-20-16-13(7-6-9-15(16)19-2)11-17-12-14-8-4-5-10-18-14/h4-10,17H,3,11-12H2,1-2H3. The van der Waals surface area contributed by atoms with E-state index in [9.17, 15) is 0 Å². The van der Waals surface area contributed by atoms with Crippen molar-refractivity contribution in [2.45, 2.75) is 20.0 Å². The molecule has 0 aliphatic heterocycles. The largest absolute Gasteiger partial charge is 0.493 e. The first-order valence-corrected chi connectivity index (χ1v) is 6.74. The van der Waals surface area contributed by atoms with Crippen LogP contribution in [-0.2, 0) is 13.1 Å². The SMILES string of the molecule is CCOc1c(CNCc2ccccn2)cccc1OC. The van der Waals surface area contributed by atoms with Crippen molar-refractivity contribution < 1.29 is 9.47 Å². The molecule has 0 unspecified atom stereocenters. The highest BCUT2D eigenvalue weighted by Gasteiger charge is 2.09. The lowest BCUT2D eigenvalue weighted by atomic mass is 10.2. The lowest BCUT2D eigenvalue weighted by Gasteiger charge is -2.14. The quantitative estimate of drug-likeness (QED) is 0.841. The summed E-state index contributed by atoms with van der Waals surface area (Å²) in [6.45, 7) is 4.03. The van der Waals surface area contributed by atoms with E-state index in [0.717, 1.165) is 29.3 Å². The first kappa shape index (κ1) is 14.3. The van der Waals surface area contributed by atoms with Crippen molar-refractivity contribution in [2.24, 2.45) is 0 Å². The maximum atomic E-state index is 5.68. The monoisotopic (exact) mass is 272 g/mol. The van der Waals surface area contributed by atoms with Crippen molar-refractivity contribution in [3.05, 3.63) is 53.9 Å². The Labute approximate surface area is 119 Å². The van der Waals surface area contributed by atoms with Gasteiger partial charge in [-0.2, -0.15) is 0 Å². The Balaban J connectivity index is 2.01. The number of nitrogens with one attached hydrogen (secondary N) is 1. The molecule has 1 N–H and O–H groups in total. The van der Waals surface area contributed by atoms with Crippen molar-refractivity contribution in [1.82, 2.24) is 10.3 Å². The summed E-state index contributed by atoms with van der Waals surface area (Å²) in [7, 11) is 1.66. The van der Waals surface area contributed by atoms with Gasteiger partial charge in [-0.05, 0) is 25.1 Å². The fraction of sp³-hybridized carbons (Fsp3) is 0.312. The number of benzene rings is 1. The molecule has 0 saturated heterocycles. The van der Waals surface area contributed by atoms with E-state index in [1.54, 1.807) is 13.3 Å². The number of rotatable bonds is 7. The molecule has 1 aromatic carbocycles. The van der Waals surface area contributed by atoms with E-state index in [1.807, 2.05) is 43.3 Å². The van der Waals surface area contributed by atoms with Crippen LogP contribution in [0.25, 0.3) is 0 Å². The molecule has 0 fully saturated rings. The van der Waals surface area contributed by atoms with Crippen molar-refractivity contribution in [3.63, 3.8) is 0 Å². The summed E-state index contributed by atoms with van der Waals surface area (Å²) in [4.78, 5) is 4.28. The van der Waals surface area contributed by atoms with Crippen molar-refractivity contribution >= 4 is 0 Å². The van der Waals surface area contributed by atoms with Gasteiger partial charge >= 0.3 is 0 Å². The number of hydrogen-bond acceptors (Lipinski definition) is 4. The maximum absolute atomic E-state index is 5.68. The molecule has 20 heavy (non-hydrogen) atoms. The second kappa shape index (κ2) is 7.50. The van der Waals surface area contributed by atoms with Crippen molar-refractivity contribution in [1.29, 1.82) is 0 Å². The van der Waals surface area contributed by atoms with Gasteiger partial charge in [-0.1, -0.05) is 18.2 Å². The highest BCUT2D eigenvalue weighted by atomic mass is 16.5. The van der Waals surface area contributed by atoms with Crippen molar-refractivity contribution in [3.8, 4) is 11.5 Å². The summed E-state index contributed by atoms with van der Waals surface area (Å²) >= 11 is 0. The number of para-hydroxylation sites is 1. The van der Waals surface area contributed by atoms with E-state index in [1.165, 1.54) is 0 Å². The molecule has 0 bridgehead atoms. The molecule has 4 nitrogen and oxygen atoms in total. The Hall–Kier alpha value is -2.07. The van der Waals surface area contributed by atoms with E-state index in [-0.39, 0.29) is 0 Å². The maximum Gasteiger partial charge on any atom is 0.165 e. The molecule has 2 aromatic rings. The Bertz CT molecular complexity index is 529. The van der Waals surface area contributed by atoms with Crippen LogP contribution < -0.4 is 14.8 Å². The fourth-order valence-electron chi connectivity index (χ4n) is 2.00. The molecular weight excluding hydrogens is 252 g/mol. The number of pyridine rings is 1. The molecule has 4 heteroatoms. The van der Waals surface area contributed by atoms with E-state index in [0.29, 0.717) is 13.2 Å². The van der Waals surface area contributed by atoms with Gasteiger partial charge in [0.25, 0.3) is 0 Å². The van der Waals surface area contributed by atoms with Gasteiger partial charge in [-0.25, -0.2) is 0 Å². The van der Waals surface area contributed by atoms with Gasteiger partial charge in [0.1, 0.15) is 0 Å². The summed E-state index contributed by atoms with van der Waals surface area (Å²) in [6, 6.07) is 11.8. The Morgan fingerprint density at radius 1 is 1.10 bits per heavy atom. The zero-order valence-electron chi connectivity index (χ0n) is 11.9. The number of methoxy groups -OCH3 is 1. The van der Waals surface area contributed by atoms with E-state index < -0.39 is 0 Å². The molecule has 106 valence electrons. The van der Waals surface area contributed by atoms with Crippen LogP contribution in [0.2, 0.25) is 0 Å². The smallest absolute Gasteiger partial charge is 0.165 e. The minimum atomic E-state index is 0.619. The van der Waals surface area contributed by atoms with Gasteiger partial charge in [-0.15, -0.1) is 0 Å². The molecule has 1 aromatic heterocycles. The summed E-state index contributed by atoms with van der Waals surface area (Å²) in [5, 5.41) is 3.37. The highest BCUT2D eigenvalue weighted by Crippen LogP contribution is 2.30. The van der Waals surface area contributed by atoms with E-state index in [2.05, 4.69) is 10.3 Å². The normalized spacial score (nSPS) is 10.3. The highest BCUT2D eigenvalue weighted by molar-refractivity contribution is 5.46. The first-order valence-electron chi connectivity index (χ1n) is 6.74. The molecule has 0 spiro atoms. The summed E-state index contributed by atoms with van der Waals surface area (Å²) in [5.41, 5.74) is 2.11. The number of nitrogens with zero attached hydrogens (tertiary/aromatic N) is 1. The molecule has 0 atom stereocenters. The van der Waals surface area contributed by atoms with Gasteiger partial charge in [0.2, 0.25) is 0 Å². The summed E-state index contributed by atoms with van der Waals surface area (Å²) in [6.07, 6.45) is 1.80. The Kier molecular flexibility index (Phi) is 5.38. The summed E-state index contributed by atoms with van der Waals surface area (Å²) in [5.74, 6) is 1.58. The molecule has 0 aliphatic carbocycles. The molecule has 1 heterocycles. The Morgan fingerprint density at radius 2 is 2.00 bits per heavy atom. The van der Waals surface area contributed by atoms with Crippen LogP contribution in [0, 0.1) is 0 Å². The van der Waals surface area contributed by atoms with Gasteiger partial charge < -0.3 is 14.8 Å². The lowest BCUT2D eigenvalue weighted by Crippen LogP contribution is -2.14. The minimum absolute atomic E-state index is 0.619. The molecule has 0 aliphatic rings. The van der Waals surface area contributed by atoms with Crippen LogP contribution in [0.5, 0.6) is 11.5 Å². The molecular formula is C16H20N2O2. The first-order chi connectivity index (χ1) is 9.85. The van der Waals surface area contributed by atoms with Gasteiger partial charge in [0.05, 0.1) is 19.4 Å². The third kappa shape index (κ3) is 3.71. The van der Waals surface area contributed by atoms with Crippen molar-refractivity contribution in [2.75, 3.05) is 13.7 Å². The lowest BCUT2D eigenvalue weighted by molar-refractivity contribution is 0.306. The molecule has 0 radical (unpaired) electrons. The molecule has 0 saturated carbocycles. The zero-order valence-corrected chi connectivity index (χ0v) is 11.9. The van der Waals surface area contributed by atoms with E-state index in [4.69, 9.17) is 9.47 Å². The second-order valence-electron chi connectivity index (χ2n) is 4.31. The average molecular weight is 272 g/mol. The van der Waals surface area contributed by atoms with Crippen LogP contribution >= 0.6 is 0 Å². The van der Waals surface area contributed by atoms with Gasteiger partial charge in [0.15, 0.2) is 11.5 Å².